The van der Waals surface area contributed by atoms with Crippen LogP contribution in [-0.4, -0.2) is 70.1 Å². The number of ether oxygens (including phenoxy) is 2. The third-order valence-electron chi connectivity index (χ3n) is 4.06. The molecule has 1 atom stereocenters. The summed E-state index contributed by atoms with van der Waals surface area (Å²) < 4.78 is 10.4. The molecule has 0 bridgehead atoms. The van der Waals surface area contributed by atoms with Crippen LogP contribution in [0.25, 0.3) is 0 Å². The number of methoxy groups -OCH3 is 1. The van der Waals surface area contributed by atoms with E-state index in [0.717, 1.165) is 50.8 Å². The molecule has 1 aromatic heterocycles. The van der Waals surface area contributed by atoms with Gasteiger partial charge >= 0.3 is 0 Å². The van der Waals surface area contributed by atoms with E-state index in [9.17, 15) is 0 Å². The lowest BCUT2D eigenvalue weighted by atomic mass is 10.3. The van der Waals surface area contributed by atoms with E-state index in [1.165, 1.54) is 0 Å². The van der Waals surface area contributed by atoms with E-state index in [2.05, 4.69) is 32.4 Å². The van der Waals surface area contributed by atoms with Crippen LogP contribution in [0.5, 0.6) is 0 Å². The normalized spacial score (nSPS) is 16.9. The monoisotopic (exact) mass is 511 g/mol. The van der Waals surface area contributed by atoms with Crippen molar-refractivity contribution in [2.45, 2.75) is 25.8 Å². The van der Waals surface area contributed by atoms with Gasteiger partial charge in [-0.15, -0.1) is 24.0 Å². The fraction of sp³-hybridized carbons (Fsp3) is 0.667. The zero-order valence-corrected chi connectivity index (χ0v) is 19.2. The molecule has 0 amide bonds. The Morgan fingerprint density at radius 3 is 3.00 bits per heavy atom. The van der Waals surface area contributed by atoms with Crippen LogP contribution in [0.3, 0.4) is 0 Å². The molecule has 1 saturated heterocycles. The molecule has 0 spiro atoms. The Bertz CT molecular complexity index is 564. The summed E-state index contributed by atoms with van der Waals surface area (Å²) in [6, 6.07) is 4.06. The Hall–Kier alpha value is -0.840. The Morgan fingerprint density at radius 2 is 2.26 bits per heavy atom. The molecule has 1 aliphatic rings. The van der Waals surface area contributed by atoms with Crippen molar-refractivity contribution < 1.29 is 9.47 Å². The summed E-state index contributed by atoms with van der Waals surface area (Å²) in [5.74, 6) is 1.71. The average molecular weight is 512 g/mol. The second-order valence-corrected chi connectivity index (χ2v) is 6.51. The van der Waals surface area contributed by atoms with E-state index < -0.39 is 0 Å². The first-order valence-electron chi connectivity index (χ1n) is 9.21. The zero-order chi connectivity index (χ0) is 18.6. The van der Waals surface area contributed by atoms with Gasteiger partial charge in [0.25, 0.3) is 0 Å². The van der Waals surface area contributed by atoms with Gasteiger partial charge in [-0.3, -0.25) is 4.99 Å². The van der Waals surface area contributed by atoms with E-state index in [0.29, 0.717) is 30.9 Å². The van der Waals surface area contributed by atoms with Crippen LogP contribution >= 0.6 is 35.6 Å². The Morgan fingerprint density at radius 1 is 1.41 bits per heavy atom. The summed E-state index contributed by atoms with van der Waals surface area (Å²) in [5.41, 5.74) is 0. The van der Waals surface area contributed by atoms with E-state index in [1.54, 1.807) is 13.3 Å². The smallest absolute Gasteiger partial charge is 0.191 e. The number of nitrogens with one attached hydrogen (secondary N) is 2. The highest BCUT2D eigenvalue weighted by molar-refractivity contribution is 14.0. The SMILES string of the molecule is CCNC(=NCCCOCCOC)NC1CCN(c2ncccc2Cl)C1.I. The van der Waals surface area contributed by atoms with Crippen molar-refractivity contribution >= 4 is 47.4 Å². The molecule has 2 heterocycles. The molecule has 154 valence electrons. The topological polar surface area (TPSA) is 71.0 Å². The highest BCUT2D eigenvalue weighted by Gasteiger charge is 2.25. The molecule has 2 rings (SSSR count). The van der Waals surface area contributed by atoms with Crippen LogP contribution in [0.4, 0.5) is 5.82 Å². The maximum absolute atomic E-state index is 6.26. The summed E-state index contributed by atoms with van der Waals surface area (Å²) in [4.78, 5) is 11.2. The Balaban J connectivity index is 0.00000364. The molecular formula is C18H31ClIN5O2. The Labute approximate surface area is 184 Å². The van der Waals surface area contributed by atoms with Crippen LogP contribution in [-0.2, 0) is 9.47 Å². The molecule has 27 heavy (non-hydrogen) atoms. The van der Waals surface area contributed by atoms with Gasteiger partial charge in [-0.2, -0.15) is 0 Å². The number of hydrogen-bond donors (Lipinski definition) is 2. The first-order chi connectivity index (χ1) is 12.7. The third kappa shape index (κ3) is 8.80. The van der Waals surface area contributed by atoms with Crippen LogP contribution < -0.4 is 15.5 Å². The minimum absolute atomic E-state index is 0. The average Bonchev–Trinajstić information content (AvgIpc) is 3.09. The minimum atomic E-state index is 0. The summed E-state index contributed by atoms with van der Waals surface area (Å²) in [7, 11) is 1.67. The fourth-order valence-electron chi connectivity index (χ4n) is 2.80. The standard InChI is InChI=1S/C18H30ClN5O2.HI/c1-3-20-18(22-9-5-11-26-13-12-25-2)23-15-7-10-24(14-15)17-16(19)6-4-8-21-17;/h4,6,8,15H,3,5,7,9-14H2,1-2H3,(H2,20,22,23);1H. The van der Waals surface area contributed by atoms with Gasteiger partial charge in [-0.1, -0.05) is 11.6 Å². The highest BCUT2D eigenvalue weighted by Crippen LogP contribution is 2.25. The van der Waals surface area contributed by atoms with Crippen LogP contribution in [0.2, 0.25) is 5.02 Å². The number of pyridine rings is 1. The van der Waals surface area contributed by atoms with Gasteiger partial charge < -0.3 is 25.0 Å². The number of anilines is 1. The first kappa shape index (κ1) is 24.2. The predicted octanol–water partition coefficient (Wildman–Crippen LogP) is 2.54. The molecule has 2 N–H and O–H groups in total. The zero-order valence-electron chi connectivity index (χ0n) is 16.1. The molecule has 1 unspecified atom stereocenters. The highest BCUT2D eigenvalue weighted by atomic mass is 127. The molecule has 7 nitrogen and oxygen atoms in total. The second-order valence-electron chi connectivity index (χ2n) is 6.10. The lowest BCUT2D eigenvalue weighted by Crippen LogP contribution is -2.44. The van der Waals surface area contributed by atoms with Crippen molar-refractivity contribution in [3.63, 3.8) is 0 Å². The van der Waals surface area contributed by atoms with Crippen LogP contribution in [0.15, 0.2) is 23.3 Å². The van der Waals surface area contributed by atoms with Crippen LogP contribution in [0.1, 0.15) is 19.8 Å². The summed E-state index contributed by atoms with van der Waals surface area (Å²) in [6.07, 6.45) is 3.69. The van der Waals surface area contributed by atoms with Crippen molar-refractivity contribution in [3.8, 4) is 0 Å². The molecule has 9 heteroatoms. The molecule has 1 aromatic rings. The van der Waals surface area contributed by atoms with Gasteiger partial charge in [0.1, 0.15) is 5.82 Å². The molecule has 0 radical (unpaired) electrons. The van der Waals surface area contributed by atoms with Gasteiger partial charge in [0.05, 0.1) is 18.2 Å². The number of rotatable bonds is 10. The maximum Gasteiger partial charge on any atom is 0.191 e. The molecular weight excluding hydrogens is 481 g/mol. The van der Waals surface area contributed by atoms with E-state index in [1.807, 2.05) is 12.1 Å². The number of nitrogens with zero attached hydrogens (tertiary/aromatic N) is 3. The summed E-state index contributed by atoms with van der Waals surface area (Å²) in [5, 5.41) is 7.51. The van der Waals surface area contributed by atoms with Crippen molar-refractivity contribution in [2.24, 2.45) is 4.99 Å². The lowest BCUT2D eigenvalue weighted by molar-refractivity contribution is 0.0702. The van der Waals surface area contributed by atoms with Gasteiger partial charge in [0, 0.05) is 52.1 Å². The molecule has 1 fully saturated rings. The second kappa shape index (κ2) is 14.2. The van der Waals surface area contributed by atoms with Gasteiger partial charge in [0.2, 0.25) is 0 Å². The van der Waals surface area contributed by atoms with Crippen molar-refractivity contribution in [1.29, 1.82) is 0 Å². The van der Waals surface area contributed by atoms with Gasteiger partial charge in [-0.25, -0.2) is 4.98 Å². The van der Waals surface area contributed by atoms with E-state index in [4.69, 9.17) is 21.1 Å². The van der Waals surface area contributed by atoms with Gasteiger partial charge in [0.15, 0.2) is 5.96 Å². The quantitative estimate of drug-likeness (QED) is 0.218. The third-order valence-corrected chi connectivity index (χ3v) is 4.36. The van der Waals surface area contributed by atoms with Crippen molar-refractivity contribution in [1.82, 2.24) is 15.6 Å². The number of guanidine groups is 1. The van der Waals surface area contributed by atoms with E-state index in [-0.39, 0.29) is 24.0 Å². The molecule has 0 aromatic carbocycles. The lowest BCUT2D eigenvalue weighted by Gasteiger charge is -2.20. The number of halogens is 2. The molecule has 0 aliphatic carbocycles. The van der Waals surface area contributed by atoms with E-state index >= 15 is 0 Å². The minimum Gasteiger partial charge on any atom is -0.382 e. The van der Waals surface area contributed by atoms with Gasteiger partial charge in [-0.05, 0) is 31.9 Å². The predicted molar refractivity (Wildman–Crippen MR) is 122 cm³/mol. The largest absolute Gasteiger partial charge is 0.382 e. The fourth-order valence-corrected chi connectivity index (χ4v) is 3.04. The maximum atomic E-state index is 6.26. The molecule has 1 aliphatic heterocycles. The first-order valence-corrected chi connectivity index (χ1v) is 9.59. The van der Waals surface area contributed by atoms with Crippen molar-refractivity contribution in [3.05, 3.63) is 23.4 Å². The summed E-state index contributed by atoms with van der Waals surface area (Å²) >= 11 is 6.26. The number of hydrogen-bond acceptors (Lipinski definition) is 5. The number of aromatic nitrogens is 1. The molecule has 0 saturated carbocycles. The summed E-state index contributed by atoms with van der Waals surface area (Å²) in [6.45, 7) is 7.38. The van der Waals surface area contributed by atoms with Crippen LogP contribution in [0, 0.1) is 0 Å². The Kier molecular flexibility index (Phi) is 12.7. The van der Waals surface area contributed by atoms with Crippen molar-refractivity contribution in [2.75, 3.05) is 58.0 Å². The number of aliphatic imine (C=N–C) groups is 1.